The van der Waals surface area contributed by atoms with Crippen molar-refractivity contribution in [1.29, 1.82) is 0 Å². The molecule has 1 amide bonds. The van der Waals surface area contributed by atoms with Gasteiger partial charge in [-0.2, -0.15) is 0 Å². The molecule has 1 unspecified atom stereocenters. The van der Waals surface area contributed by atoms with Gasteiger partial charge in [-0.1, -0.05) is 6.92 Å². The van der Waals surface area contributed by atoms with Gasteiger partial charge < -0.3 is 16.2 Å². The predicted molar refractivity (Wildman–Crippen MR) is 59.5 cm³/mol. The zero-order chi connectivity index (χ0) is 12.1. The highest BCUT2D eigenvalue weighted by Crippen LogP contribution is 2.07. The molecule has 1 atom stereocenters. The average molecular weight is 222 g/mol. The summed E-state index contributed by atoms with van der Waals surface area (Å²) in [7, 11) is 0. The van der Waals surface area contributed by atoms with Crippen molar-refractivity contribution < 1.29 is 14.3 Å². The Kier molecular flexibility index (Phi) is 3.88. The zero-order valence-corrected chi connectivity index (χ0v) is 8.97. The quantitative estimate of drug-likeness (QED) is 0.574. The molecule has 0 saturated carbocycles. The molecular weight excluding hydrogens is 208 g/mol. The van der Waals surface area contributed by atoms with Crippen molar-refractivity contribution >= 4 is 17.6 Å². The number of hydrogen-bond acceptors (Lipinski definition) is 4. The Morgan fingerprint density at radius 1 is 1.31 bits per heavy atom. The Labute approximate surface area is 93.4 Å². The Hall–Kier alpha value is -2.04. The molecule has 0 aromatic heterocycles. The lowest BCUT2D eigenvalue weighted by atomic mass is 10.2. The second kappa shape index (κ2) is 5.16. The maximum Gasteiger partial charge on any atom is 0.338 e. The molecule has 0 aliphatic carbocycles. The SMILES string of the molecule is CC(COC(=O)c1ccc(N)cc1)C(N)=O. The van der Waals surface area contributed by atoms with Crippen molar-refractivity contribution in [2.75, 3.05) is 12.3 Å². The molecule has 5 nitrogen and oxygen atoms in total. The predicted octanol–water partition coefficient (Wildman–Crippen LogP) is 0.547. The summed E-state index contributed by atoms with van der Waals surface area (Å²) in [6.45, 7) is 1.58. The molecule has 1 aromatic carbocycles. The Morgan fingerprint density at radius 3 is 2.38 bits per heavy atom. The molecule has 5 heteroatoms. The van der Waals surface area contributed by atoms with Gasteiger partial charge in [0.15, 0.2) is 0 Å². The van der Waals surface area contributed by atoms with E-state index in [1.54, 1.807) is 31.2 Å². The minimum atomic E-state index is -0.495. The van der Waals surface area contributed by atoms with E-state index in [1.807, 2.05) is 0 Å². The molecule has 0 saturated heterocycles. The summed E-state index contributed by atoms with van der Waals surface area (Å²) in [5.74, 6) is -1.48. The summed E-state index contributed by atoms with van der Waals surface area (Å²) in [5, 5.41) is 0. The Morgan fingerprint density at radius 2 is 1.88 bits per heavy atom. The minimum Gasteiger partial charge on any atom is -0.461 e. The van der Waals surface area contributed by atoms with Gasteiger partial charge in [0.05, 0.1) is 11.5 Å². The van der Waals surface area contributed by atoms with Crippen molar-refractivity contribution in [2.45, 2.75) is 6.92 Å². The zero-order valence-electron chi connectivity index (χ0n) is 8.97. The van der Waals surface area contributed by atoms with Crippen LogP contribution < -0.4 is 11.5 Å². The van der Waals surface area contributed by atoms with Crippen molar-refractivity contribution in [3.63, 3.8) is 0 Å². The number of nitrogen functional groups attached to an aromatic ring is 1. The molecule has 1 rings (SSSR count). The lowest BCUT2D eigenvalue weighted by Gasteiger charge is -2.08. The fraction of sp³-hybridized carbons (Fsp3) is 0.273. The van der Waals surface area contributed by atoms with Crippen LogP contribution in [0.1, 0.15) is 17.3 Å². The maximum atomic E-state index is 11.5. The molecular formula is C11H14N2O3. The van der Waals surface area contributed by atoms with Crippen molar-refractivity contribution in [2.24, 2.45) is 11.7 Å². The summed E-state index contributed by atoms with van der Waals surface area (Å²) in [6.07, 6.45) is 0. The number of esters is 1. The third kappa shape index (κ3) is 3.27. The van der Waals surface area contributed by atoms with Crippen LogP contribution in [0, 0.1) is 5.92 Å². The van der Waals surface area contributed by atoms with Gasteiger partial charge in [-0.05, 0) is 24.3 Å². The molecule has 0 heterocycles. The van der Waals surface area contributed by atoms with E-state index in [4.69, 9.17) is 16.2 Å². The van der Waals surface area contributed by atoms with Gasteiger partial charge in [-0.25, -0.2) is 4.79 Å². The van der Waals surface area contributed by atoms with Crippen LogP contribution in [0.25, 0.3) is 0 Å². The second-order valence-electron chi connectivity index (χ2n) is 3.52. The van der Waals surface area contributed by atoms with Crippen molar-refractivity contribution in [1.82, 2.24) is 0 Å². The van der Waals surface area contributed by atoms with E-state index in [2.05, 4.69) is 0 Å². The highest BCUT2D eigenvalue weighted by Gasteiger charge is 2.13. The summed E-state index contributed by atoms with van der Waals surface area (Å²) in [4.78, 5) is 22.2. The summed E-state index contributed by atoms with van der Waals surface area (Å²) in [5.41, 5.74) is 11.5. The highest BCUT2D eigenvalue weighted by molar-refractivity contribution is 5.90. The third-order valence-electron chi connectivity index (χ3n) is 2.10. The lowest BCUT2D eigenvalue weighted by Crippen LogP contribution is -2.25. The maximum absolute atomic E-state index is 11.5. The van der Waals surface area contributed by atoms with Crippen LogP contribution in [0.4, 0.5) is 5.69 Å². The van der Waals surface area contributed by atoms with E-state index >= 15 is 0 Å². The molecule has 0 aliphatic rings. The molecule has 0 radical (unpaired) electrons. The number of benzene rings is 1. The lowest BCUT2D eigenvalue weighted by molar-refractivity contribution is -0.122. The van der Waals surface area contributed by atoms with Gasteiger partial charge in [0.2, 0.25) is 5.91 Å². The van der Waals surface area contributed by atoms with Crippen LogP contribution in [-0.4, -0.2) is 18.5 Å². The van der Waals surface area contributed by atoms with E-state index in [9.17, 15) is 9.59 Å². The van der Waals surface area contributed by atoms with Gasteiger partial charge in [-0.3, -0.25) is 4.79 Å². The molecule has 1 aromatic rings. The third-order valence-corrected chi connectivity index (χ3v) is 2.10. The van der Waals surface area contributed by atoms with Gasteiger partial charge in [-0.15, -0.1) is 0 Å². The normalized spacial score (nSPS) is 11.8. The smallest absolute Gasteiger partial charge is 0.338 e. The minimum absolute atomic E-state index is 0.0153. The standard InChI is InChI=1S/C11H14N2O3/c1-7(10(13)14)6-16-11(15)8-2-4-9(12)5-3-8/h2-5,7H,6,12H2,1H3,(H2,13,14). The topological polar surface area (TPSA) is 95.4 Å². The monoisotopic (exact) mass is 222 g/mol. The molecule has 86 valence electrons. The summed E-state index contributed by atoms with van der Waals surface area (Å²) in [6, 6.07) is 6.33. The summed E-state index contributed by atoms with van der Waals surface area (Å²) < 4.78 is 4.91. The van der Waals surface area contributed by atoms with E-state index in [1.165, 1.54) is 0 Å². The van der Waals surface area contributed by atoms with Gasteiger partial charge in [0.1, 0.15) is 6.61 Å². The first kappa shape index (κ1) is 12.0. The van der Waals surface area contributed by atoms with Crippen LogP contribution in [0.5, 0.6) is 0 Å². The fourth-order valence-corrected chi connectivity index (χ4v) is 0.985. The number of nitrogens with two attached hydrogens (primary N) is 2. The number of hydrogen-bond donors (Lipinski definition) is 2. The molecule has 0 aliphatic heterocycles. The van der Waals surface area contributed by atoms with Gasteiger partial charge in [0.25, 0.3) is 0 Å². The molecule has 0 bridgehead atoms. The number of carbonyl (C=O) groups excluding carboxylic acids is 2. The van der Waals surface area contributed by atoms with E-state index in [0.717, 1.165) is 0 Å². The van der Waals surface area contributed by atoms with E-state index < -0.39 is 17.8 Å². The number of rotatable bonds is 4. The van der Waals surface area contributed by atoms with Crippen molar-refractivity contribution in [3.05, 3.63) is 29.8 Å². The number of amides is 1. The first-order valence-corrected chi connectivity index (χ1v) is 4.82. The van der Waals surface area contributed by atoms with E-state index in [0.29, 0.717) is 11.3 Å². The highest BCUT2D eigenvalue weighted by atomic mass is 16.5. The van der Waals surface area contributed by atoms with Gasteiger partial charge in [0, 0.05) is 5.69 Å². The molecule has 0 fully saturated rings. The van der Waals surface area contributed by atoms with Crippen LogP contribution in [0.15, 0.2) is 24.3 Å². The average Bonchev–Trinajstić information content (AvgIpc) is 2.26. The largest absolute Gasteiger partial charge is 0.461 e. The number of ether oxygens (including phenoxy) is 1. The van der Waals surface area contributed by atoms with Crippen LogP contribution in [-0.2, 0) is 9.53 Å². The molecule has 4 N–H and O–H groups in total. The second-order valence-corrected chi connectivity index (χ2v) is 3.52. The van der Waals surface area contributed by atoms with Crippen LogP contribution in [0.2, 0.25) is 0 Å². The Balaban J connectivity index is 2.53. The molecule has 16 heavy (non-hydrogen) atoms. The first-order valence-electron chi connectivity index (χ1n) is 4.82. The number of anilines is 1. The van der Waals surface area contributed by atoms with Crippen LogP contribution >= 0.6 is 0 Å². The number of primary amides is 1. The van der Waals surface area contributed by atoms with Crippen molar-refractivity contribution in [3.8, 4) is 0 Å². The van der Waals surface area contributed by atoms with E-state index in [-0.39, 0.29) is 6.61 Å². The Bertz CT molecular complexity index is 387. The summed E-state index contributed by atoms with van der Waals surface area (Å²) >= 11 is 0. The fourth-order valence-electron chi connectivity index (χ4n) is 0.985. The molecule has 0 spiro atoms. The van der Waals surface area contributed by atoms with Crippen LogP contribution in [0.3, 0.4) is 0 Å². The van der Waals surface area contributed by atoms with Gasteiger partial charge >= 0.3 is 5.97 Å². The number of carbonyl (C=O) groups is 2. The first-order chi connectivity index (χ1) is 7.50.